The number of sulfonamides is 1. The zero-order valence-electron chi connectivity index (χ0n) is 12.6. The number of ether oxygens (including phenoxy) is 1. The summed E-state index contributed by atoms with van der Waals surface area (Å²) in [7, 11) is -1.71. The first-order valence-corrected chi connectivity index (χ1v) is 8.31. The lowest BCUT2D eigenvalue weighted by Crippen LogP contribution is -2.41. The highest BCUT2D eigenvalue weighted by Crippen LogP contribution is 2.13. The van der Waals surface area contributed by atoms with E-state index >= 15 is 0 Å². The van der Waals surface area contributed by atoms with Crippen LogP contribution in [0.1, 0.15) is 26.5 Å². The molecule has 1 heterocycles. The van der Waals surface area contributed by atoms with Crippen molar-refractivity contribution < 1.29 is 13.2 Å². The molecule has 0 bridgehead atoms. The molecular formula is C13H25N3O3S. The van der Waals surface area contributed by atoms with E-state index in [-0.39, 0.29) is 16.9 Å². The second-order valence-electron chi connectivity index (χ2n) is 5.02. The third kappa shape index (κ3) is 4.90. The molecule has 116 valence electrons. The molecule has 1 atom stereocenters. The molecule has 0 radical (unpaired) electrons. The molecule has 1 aromatic heterocycles. The molecule has 0 saturated heterocycles. The largest absolute Gasteiger partial charge is 0.380 e. The summed E-state index contributed by atoms with van der Waals surface area (Å²) < 4.78 is 32.7. The van der Waals surface area contributed by atoms with Crippen LogP contribution in [0.4, 0.5) is 0 Å². The van der Waals surface area contributed by atoms with Crippen molar-refractivity contribution in [2.24, 2.45) is 5.92 Å². The summed E-state index contributed by atoms with van der Waals surface area (Å²) in [5.41, 5.74) is 0.832. The summed E-state index contributed by atoms with van der Waals surface area (Å²) in [5.74, 6) is 0.159. The maximum atomic E-state index is 12.3. The lowest BCUT2D eigenvalue weighted by molar-refractivity contribution is 0.116. The average molecular weight is 303 g/mol. The predicted octanol–water partition coefficient (Wildman–Crippen LogP) is 1.07. The van der Waals surface area contributed by atoms with Gasteiger partial charge in [0, 0.05) is 31.1 Å². The molecular weight excluding hydrogens is 278 g/mol. The van der Waals surface area contributed by atoms with Crippen molar-refractivity contribution in [3.63, 3.8) is 0 Å². The quantitative estimate of drug-likeness (QED) is 0.637. The van der Waals surface area contributed by atoms with Crippen molar-refractivity contribution in [3.8, 4) is 0 Å². The molecule has 0 fully saturated rings. The smallest absolute Gasteiger partial charge is 0.242 e. The summed E-state index contributed by atoms with van der Waals surface area (Å²) in [5, 5.41) is 2.97. The first-order valence-electron chi connectivity index (χ1n) is 6.82. The van der Waals surface area contributed by atoms with Crippen LogP contribution in [0.25, 0.3) is 0 Å². The standard InChI is InChI=1S/C13H25N3O3S/c1-5-19-9-13(10(2)3)16-20(17,18)12-6-11(7-14-4)15-8-12/h6,8,10,13-16H,5,7,9H2,1-4H3. The number of H-pyrrole nitrogens is 1. The number of rotatable bonds is 9. The molecule has 7 heteroatoms. The highest BCUT2D eigenvalue weighted by Gasteiger charge is 2.23. The second-order valence-corrected chi connectivity index (χ2v) is 6.74. The molecule has 0 aromatic carbocycles. The SMILES string of the molecule is CCOCC(NS(=O)(=O)c1c[nH]c(CNC)c1)C(C)C. The number of aromatic amines is 1. The van der Waals surface area contributed by atoms with Gasteiger partial charge in [0.15, 0.2) is 0 Å². The Morgan fingerprint density at radius 3 is 2.65 bits per heavy atom. The Labute approximate surface area is 121 Å². The molecule has 0 saturated carbocycles. The van der Waals surface area contributed by atoms with Crippen LogP contribution < -0.4 is 10.0 Å². The van der Waals surface area contributed by atoms with Crippen molar-refractivity contribution in [2.75, 3.05) is 20.3 Å². The van der Waals surface area contributed by atoms with Gasteiger partial charge in [-0.05, 0) is 26.0 Å². The van der Waals surface area contributed by atoms with E-state index in [9.17, 15) is 8.42 Å². The van der Waals surface area contributed by atoms with Crippen LogP contribution in [0.2, 0.25) is 0 Å². The van der Waals surface area contributed by atoms with Crippen molar-refractivity contribution in [1.82, 2.24) is 15.0 Å². The Kier molecular flexibility index (Phi) is 6.67. The second kappa shape index (κ2) is 7.78. The summed E-state index contributed by atoms with van der Waals surface area (Å²) in [6.07, 6.45) is 1.51. The van der Waals surface area contributed by atoms with Crippen molar-refractivity contribution >= 4 is 10.0 Å². The average Bonchev–Trinajstić information content (AvgIpc) is 2.84. The van der Waals surface area contributed by atoms with Crippen LogP contribution in [0, 0.1) is 5.92 Å². The van der Waals surface area contributed by atoms with Crippen LogP contribution in [0.15, 0.2) is 17.2 Å². The minimum Gasteiger partial charge on any atom is -0.380 e. The molecule has 20 heavy (non-hydrogen) atoms. The Balaban J connectivity index is 2.80. The third-order valence-corrected chi connectivity index (χ3v) is 4.48. The normalized spacial score (nSPS) is 13.8. The van der Waals surface area contributed by atoms with E-state index in [1.54, 1.807) is 6.07 Å². The monoisotopic (exact) mass is 303 g/mol. The number of nitrogens with one attached hydrogen (secondary N) is 3. The summed E-state index contributed by atoms with van der Waals surface area (Å²) in [6, 6.07) is 1.40. The van der Waals surface area contributed by atoms with Crippen LogP contribution in [-0.4, -0.2) is 39.7 Å². The van der Waals surface area contributed by atoms with Gasteiger partial charge in [0.05, 0.1) is 11.5 Å². The molecule has 1 aromatic rings. The molecule has 0 amide bonds. The molecule has 1 unspecified atom stereocenters. The fourth-order valence-electron chi connectivity index (χ4n) is 1.74. The van der Waals surface area contributed by atoms with Crippen LogP contribution in [0.5, 0.6) is 0 Å². The van der Waals surface area contributed by atoms with Gasteiger partial charge in [-0.1, -0.05) is 13.8 Å². The number of aromatic nitrogens is 1. The Hall–Kier alpha value is -0.890. The fraction of sp³-hybridized carbons (Fsp3) is 0.692. The number of hydrogen-bond acceptors (Lipinski definition) is 4. The maximum absolute atomic E-state index is 12.3. The molecule has 1 rings (SSSR count). The van der Waals surface area contributed by atoms with Gasteiger partial charge in [-0.15, -0.1) is 0 Å². The summed E-state index contributed by atoms with van der Waals surface area (Å²) in [4.78, 5) is 3.20. The Morgan fingerprint density at radius 1 is 1.40 bits per heavy atom. The zero-order chi connectivity index (χ0) is 15.2. The van der Waals surface area contributed by atoms with Crippen LogP contribution >= 0.6 is 0 Å². The van der Waals surface area contributed by atoms with Crippen molar-refractivity contribution in [3.05, 3.63) is 18.0 Å². The minimum absolute atomic E-state index is 0.159. The van der Waals surface area contributed by atoms with E-state index < -0.39 is 10.0 Å². The van der Waals surface area contributed by atoms with Crippen molar-refractivity contribution in [2.45, 2.75) is 38.3 Å². The molecule has 3 N–H and O–H groups in total. The Morgan fingerprint density at radius 2 is 2.10 bits per heavy atom. The first-order chi connectivity index (χ1) is 9.40. The van der Waals surface area contributed by atoms with Gasteiger partial charge in [0.25, 0.3) is 0 Å². The number of hydrogen-bond donors (Lipinski definition) is 3. The van der Waals surface area contributed by atoms with Crippen LogP contribution in [0.3, 0.4) is 0 Å². The van der Waals surface area contributed by atoms with E-state index in [0.717, 1.165) is 5.69 Å². The van der Waals surface area contributed by atoms with Gasteiger partial charge in [0.2, 0.25) is 10.0 Å². The van der Waals surface area contributed by atoms with Gasteiger partial charge >= 0.3 is 0 Å². The van der Waals surface area contributed by atoms with E-state index in [4.69, 9.17) is 4.74 Å². The molecule has 0 aliphatic rings. The lowest BCUT2D eigenvalue weighted by atomic mass is 10.1. The topological polar surface area (TPSA) is 83.2 Å². The third-order valence-electron chi connectivity index (χ3n) is 3.01. The highest BCUT2D eigenvalue weighted by atomic mass is 32.2. The minimum atomic E-state index is -3.52. The molecule has 0 aliphatic heterocycles. The van der Waals surface area contributed by atoms with Gasteiger partial charge < -0.3 is 15.0 Å². The maximum Gasteiger partial charge on any atom is 0.242 e. The molecule has 0 aliphatic carbocycles. The zero-order valence-corrected chi connectivity index (χ0v) is 13.4. The van der Waals surface area contributed by atoms with E-state index in [1.807, 2.05) is 27.8 Å². The summed E-state index contributed by atoms with van der Waals surface area (Å²) >= 11 is 0. The molecule has 6 nitrogen and oxygen atoms in total. The van der Waals surface area contributed by atoms with E-state index in [0.29, 0.717) is 19.8 Å². The van der Waals surface area contributed by atoms with Gasteiger partial charge in [0.1, 0.15) is 0 Å². The molecule has 0 spiro atoms. The fourth-order valence-corrected chi connectivity index (χ4v) is 3.13. The van der Waals surface area contributed by atoms with Gasteiger partial charge in [-0.25, -0.2) is 13.1 Å². The first kappa shape index (κ1) is 17.2. The lowest BCUT2D eigenvalue weighted by Gasteiger charge is -2.21. The van der Waals surface area contributed by atoms with Gasteiger partial charge in [-0.3, -0.25) is 0 Å². The van der Waals surface area contributed by atoms with Crippen molar-refractivity contribution in [1.29, 1.82) is 0 Å². The summed E-state index contributed by atoms with van der Waals surface area (Å²) in [6.45, 7) is 7.37. The van der Waals surface area contributed by atoms with Crippen LogP contribution in [-0.2, 0) is 21.3 Å². The Bertz CT molecular complexity index is 497. The highest BCUT2D eigenvalue weighted by molar-refractivity contribution is 7.89. The van der Waals surface area contributed by atoms with E-state index in [2.05, 4.69) is 15.0 Å². The predicted molar refractivity (Wildman–Crippen MR) is 79.0 cm³/mol. The van der Waals surface area contributed by atoms with E-state index in [1.165, 1.54) is 6.20 Å². The van der Waals surface area contributed by atoms with Gasteiger partial charge in [-0.2, -0.15) is 0 Å².